The minimum Gasteiger partial charge on any atom is -0.494 e. The lowest BCUT2D eigenvalue weighted by Gasteiger charge is -2.14. The number of hydrogen-bond donors (Lipinski definition) is 0. The number of nitrogens with zero attached hydrogens (tertiary/aromatic N) is 1. The summed E-state index contributed by atoms with van der Waals surface area (Å²) < 4.78 is 10.4. The first-order valence-electron chi connectivity index (χ1n) is 8.88. The van der Waals surface area contributed by atoms with E-state index in [0.717, 1.165) is 4.90 Å². The topological polar surface area (TPSA) is 90.0 Å². The second-order valence-corrected chi connectivity index (χ2v) is 6.13. The molecule has 1 heterocycles. The van der Waals surface area contributed by atoms with Gasteiger partial charge in [-0.2, -0.15) is 0 Å². The van der Waals surface area contributed by atoms with Crippen molar-refractivity contribution in [3.63, 3.8) is 0 Å². The van der Waals surface area contributed by atoms with Crippen molar-refractivity contribution in [2.75, 3.05) is 18.1 Å². The average molecular weight is 381 g/mol. The Morgan fingerprint density at radius 1 is 0.964 bits per heavy atom. The number of anilines is 1. The maximum absolute atomic E-state index is 12.3. The molecule has 0 unspecified atom stereocenters. The van der Waals surface area contributed by atoms with Gasteiger partial charge in [-0.1, -0.05) is 6.07 Å². The molecule has 0 aromatic heterocycles. The summed E-state index contributed by atoms with van der Waals surface area (Å²) in [7, 11) is 0. The number of ether oxygens (including phenoxy) is 2. The van der Waals surface area contributed by atoms with Crippen LogP contribution in [0, 0.1) is 0 Å². The lowest BCUT2D eigenvalue weighted by Crippen LogP contribution is -2.28. The molecule has 0 saturated carbocycles. The highest BCUT2D eigenvalue weighted by atomic mass is 16.5. The fraction of sp³-hybridized carbons (Fsp3) is 0.238. The largest absolute Gasteiger partial charge is 0.494 e. The van der Waals surface area contributed by atoms with E-state index in [1.165, 1.54) is 12.1 Å². The number of hydrogen-bond acceptors (Lipinski definition) is 6. The summed E-state index contributed by atoms with van der Waals surface area (Å²) in [4.78, 5) is 49.2. The standard InChI is InChI=1S/C21H19NO6/c1-2-27-17-8-6-14(7-9-17)18(23)13-28-21(26)15-4-3-5-16(12-15)22-19(24)10-11-20(22)25/h3-9,12H,2,10-11,13H2,1H3. The quantitative estimate of drug-likeness (QED) is 0.416. The molecule has 3 rings (SSSR count). The number of Topliss-reactive ketones (excluding diaryl/α,β-unsaturated/α-hetero) is 1. The van der Waals surface area contributed by atoms with Crippen molar-refractivity contribution in [2.24, 2.45) is 0 Å². The third kappa shape index (κ3) is 4.25. The van der Waals surface area contributed by atoms with Gasteiger partial charge in [0.2, 0.25) is 11.8 Å². The number of benzene rings is 2. The van der Waals surface area contributed by atoms with Gasteiger partial charge in [0, 0.05) is 18.4 Å². The van der Waals surface area contributed by atoms with E-state index >= 15 is 0 Å². The summed E-state index contributed by atoms with van der Waals surface area (Å²) in [5.41, 5.74) is 0.877. The number of carbonyl (C=O) groups is 4. The van der Waals surface area contributed by atoms with E-state index in [-0.39, 0.29) is 36.0 Å². The molecule has 0 bridgehead atoms. The highest BCUT2D eigenvalue weighted by Gasteiger charge is 2.30. The molecule has 28 heavy (non-hydrogen) atoms. The summed E-state index contributed by atoms with van der Waals surface area (Å²) >= 11 is 0. The predicted octanol–water partition coefficient (Wildman–Crippen LogP) is 2.78. The smallest absolute Gasteiger partial charge is 0.338 e. The summed E-state index contributed by atoms with van der Waals surface area (Å²) in [6, 6.07) is 12.6. The molecule has 7 heteroatoms. The lowest BCUT2D eigenvalue weighted by atomic mass is 10.1. The van der Waals surface area contributed by atoms with Crippen LogP contribution >= 0.6 is 0 Å². The van der Waals surface area contributed by atoms with Gasteiger partial charge in [0.25, 0.3) is 0 Å². The van der Waals surface area contributed by atoms with Gasteiger partial charge >= 0.3 is 5.97 Å². The highest BCUT2D eigenvalue weighted by molar-refractivity contribution is 6.20. The van der Waals surface area contributed by atoms with Crippen molar-refractivity contribution in [3.05, 3.63) is 59.7 Å². The Hall–Kier alpha value is -3.48. The monoisotopic (exact) mass is 381 g/mol. The number of carbonyl (C=O) groups excluding carboxylic acids is 4. The van der Waals surface area contributed by atoms with Crippen LogP contribution < -0.4 is 9.64 Å². The first-order valence-corrected chi connectivity index (χ1v) is 8.88. The maximum Gasteiger partial charge on any atom is 0.338 e. The lowest BCUT2D eigenvalue weighted by molar-refractivity contribution is -0.121. The molecule has 2 amide bonds. The minimum atomic E-state index is -0.708. The SMILES string of the molecule is CCOc1ccc(C(=O)COC(=O)c2cccc(N3C(=O)CCC3=O)c2)cc1. The zero-order valence-corrected chi connectivity index (χ0v) is 15.3. The Kier molecular flexibility index (Phi) is 5.84. The van der Waals surface area contributed by atoms with Crippen molar-refractivity contribution in [3.8, 4) is 5.75 Å². The van der Waals surface area contributed by atoms with Crippen LogP contribution in [-0.4, -0.2) is 36.8 Å². The molecule has 1 fully saturated rings. The first-order chi connectivity index (χ1) is 13.5. The Morgan fingerprint density at radius 2 is 1.64 bits per heavy atom. The van der Waals surface area contributed by atoms with Crippen molar-refractivity contribution in [1.29, 1.82) is 0 Å². The van der Waals surface area contributed by atoms with Gasteiger partial charge in [0.1, 0.15) is 5.75 Å². The van der Waals surface area contributed by atoms with Crippen LogP contribution in [0.5, 0.6) is 5.75 Å². The number of rotatable bonds is 7. The summed E-state index contributed by atoms with van der Waals surface area (Å²) in [5, 5.41) is 0. The zero-order valence-electron chi connectivity index (χ0n) is 15.3. The zero-order chi connectivity index (χ0) is 20.1. The van der Waals surface area contributed by atoms with Gasteiger partial charge in [0.15, 0.2) is 12.4 Å². The Morgan fingerprint density at radius 3 is 2.29 bits per heavy atom. The predicted molar refractivity (Wildman–Crippen MR) is 100 cm³/mol. The van der Waals surface area contributed by atoms with Crippen LogP contribution in [0.4, 0.5) is 5.69 Å². The third-order valence-corrected chi connectivity index (χ3v) is 4.21. The Balaban J connectivity index is 1.63. The fourth-order valence-electron chi connectivity index (χ4n) is 2.84. The van der Waals surface area contributed by atoms with Gasteiger partial charge in [-0.15, -0.1) is 0 Å². The summed E-state index contributed by atoms with van der Waals surface area (Å²) in [5.74, 6) is -1.01. The normalized spacial score (nSPS) is 13.5. The molecule has 144 valence electrons. The molecule has 1 saturated heterocycles. The number of amides is 2. The molecule has 0 radical (unpaired) electrons. The van der Waals surface area contributed by atoms with Gasteiger partial charge in [0.05, 0.1) is 17.9 Å². The molecule has 2 aromatic rings. The van der Waals surface area contributed by atoms with Crippen LogP contribution in [0.15, 0.2) is 48.5 Å². The molecule has 0 spiro atoms. The molecule has 0 N–H and O–H groups in total. The number of ketones is 1. The molecular weight excluding hydrogens is 362 g/mol. The summed E-state index contributed by atoms with van der Waals surface area (Å²) in [6.45, 7) is 1.97. The molecule has 0 aliphatic carbocycles. The number of esters is 1. The Labute approximate surface area is 161 Å². The van der Waals surface area contributed by atoms with Crippen LogP contribution in [0.3, 0.4) is 0 Å². The van der Waals surface area contributed by atoms with Crippen molar-refractivity contribution < 1.29 is 28.7 Å². The van der Waals surface area contributed by atoms with Crippen molar-refractivity contribution in [2.45, 2.75) is 19.8 Å². The summed E-state index contributed by atoms with van der Waals surface area (Å²) in [6.07, 6.45) is 0.314. The Bertz CT molecular complexity index is 903. The van der Waals surface area contributed by atoms with E-state index in [9.17, 15) is 19.2 Å². The van der Waals surface area contributed by atoms with Gasteiger partial charge < -0.3 is 9.47 Å². The fourth-order valence-corrected chi connectivity index (χ4v) is 2.84. The van der Waals surface area contributed by atoms with Crippen molar-refractivity contribution in [1.82, 2.24) is 0 Å². The van der Waals surface area contributed by atoms with E-state index in [1.54, 1.807) is 36.4 Å². The molecule has 7 nitrogen and oxygen atoms in total. The van der Waals surface area contributed by atoms with E-state index in [4.69, 9.17) is 9.47 Å². The van der Waals surface area contributed by atoms with Gasteiger partial charge in [-0.3, -0.25) is 19.3 Å². The third-order valence-electron chi connectivity index (χ3n) is 4.21. The minimum absolute atomic E-state index is 0.157. The first kappa shape index (κ1) is 19.3. The average Bonchev–Trinajstić information content (AvgIpc) is 3.05. The van der Waals surface area contributed by atoms with E-state index < -0.39 is 12.6 Å². The van der Waals surface area contributed by atoms with E-state index in [2.05, 4.69) is 0 Å². The molecule has 1 aliphatic rings. The van der Waals surface area contributed by atoms with Gasteiger partial charge in [-0.25, -0.2) is 4.79 Å². The van der Waals surface area contributed by atoms with Gasteiger partial charge in [-0.05, 0) is 49.4 Å². The van der Waals surface area contributed by atoms with Crippen molar-refractivity contribution >= 4 is 29.3 Å². The molecule has 2 aromatic carbocycles. The second-order valence-electron chi connectivity index (χ2n) is 6.13. The van der Waals surface area contributed by atoms with Crippen LogP contribution in [0.2, 0.25) is 0 Å². The van der Waals surface area contributed by atoms with E-state index in [0.29, 0.717) is 23.6 Å². The maximum atomic E-state index is 12.3. The number of imide groups is 1. The molecular formula is C21H19NO6. The molecule has 0 atom stereocenters. The van der Waals surface area contributed by atoms with Crippen LogP contribution in [0.1, 0.15) is 40.5 Å². The van der Waals surface area contributed by atoms with Crippen LogP contribution in [0.25, 0.3) is 0 Å². The molecule has 1 aliphatic heterocycles. The second kappa shape index (κ2) is 8.47. The van der Waals surface area contributed by atoms with E-state index in [1.807, 2.05) is 6.92 Å². The van der Waals surface area contributed by atoms with Crippen LogP contribution in [-0.2, 0) is 14.3 Å². The highest BCUT2D eigenvalue weighted by Crippen LogP contribution is 2.23.